The fraction of sp³-hybridized carbons (Fsp3) is 0.333. The summed E-state index contributed by atoms with van der Waals surface area (Å²) in [6.07, 6.45) is 1.23. The first-order valence-corrected chi connectivity index (χ1v) is 8.65. The Morgan fingerprint density at radius 2 is 1.88 bits per heavy atom. The molecular weight excluding hydrogens is 358 g/mol. The number of ether oxygens (including phenoxy) is 1. The van der Waals surface area contributed by atoms with Crippen LogP contribution in [-0.4, -0.2) is 43.6 Å². The van der Waals surface area contributed by atoms with Gasteiger partial charge in [0.2, 0.25) is 11.2 Å². The van der Waals surface area contributed by atoms with Gasteiger partial charge in [-0.05, 0) is 24.3 Å². The highest BCUT2D eigenvalue weighted by molar-refractivity contribution is 6.30. The minimum atomic E-state index is -0.646. The van der Waals surface area contributed by atoms with Gasteiger partial charge in [0.15, 0.2) is 6.61 Å². The summed E-state index contributed by atoms with van der Waals surface area (Å²) in [6, 6.07) is 9.20. The van der Waals surface area contributed by atoms with Crippen LogP contribution < -0.4 is 20.8 Å². The summed E-state index contributed by atoms with van der Waals surface area (Å²) in [4.78, 5) is 27.2. The maximum absolute atomic E-state index is 12.0. The van der Waals surface area contributed by atoms with E-state index in [1.807, 2.05) is 24.3 Å². The summed E-state index contributed by atoms with van der Waals surface area (Å²) in [5, 5.41) is 0.727. The van der Waals surface area contributed by atoms with Gasteiger partial charge in [-0.25, -0.2) is 0 Å². The van der Waals surface area contributed by atoms with Crippen LogP contribution in [0.1, 0.15) is 5.76 Å². The molecule has 1 aliphatic rings. The van der Waals surface area contributed by atoms with Crippen LogP contribution in [0.25, 0.3) is 0 Å². The number of hydrogen-bond donors (Lipinski definition) is 1. The quantitative estimate of drug-likeness (QED) is 0.820. The third-order valence-electron chi connectivity index (χ3n) is 4.17. The summed E-state index contributed by atoms with van der Waals surface area (Å²) < 4.78 is 10.5. The van der Waals surface area contributed by atoms with Gasteiger partial charge in [-0.15, -0.1) is 0 Å². The molecule has 1 aromatic heterocycles. The number of nitrogens with zero attached hydrogens (tertiary/aromatic N) is 2. The van der Waals surface area contributed by atoms with Crippen LogP contribution in [-0.2, 0) is 11.3 Å². The molecule has 1 amide bonds. The van der Waals surface area contributed by atoms with Crippen molar-refractivity contribution in [2.75, 3.05) is 37.7 Å². The smallest absolute Gasteiger partial charge is 0.255 e. The van der Waals surface area contributed by atoms with E-state index in [4.69, 9.17) is 26.5 Å². The topological polar surface area (TPSA) is 89.0 Å². The Bertz CT molecular complexity index is 814. The first kappa shape index (κ1) is 18.3. The second-order valence-electron chi connectivity index (χ2n) is 6.07. The first-order valence-electron chi connectivity index (χ1n) is 8.27. The van der Waals surface area contributed by atoms with E-state index >= 15 is 0 Å². The molecule has 26 heavy (non-hydrogen) atoms. The second kappa shape index (κ2) is 8.25. The molecular formula is C18H20ClN3O4. The van der Waals surface area contributed by atoms with E-state index < -0.39 is 5.91 Å². The molecule has 1 saturated heterocycles. The van der Waals surface area contributed by atoms with Crippen LogP contribution in [0.2, 0.25) is 5.02 Å². The van der Waals surface area contributed by atoms with Crippen LogP contribution in [0.3, 0.4) is 0 Å². The lowest BCUT2D eigenvalue weighted by molar-refractivity contribution is -0.119. The lowest BCUT2D eigenvalue weighted by Gasteiger charge is -2.35. The molecule has 0 atom stereocenters. The van der Waals surface area contributed by atoms with E-state index in [-0.39, 0.29) is 17.8 Å². The largest absolute Gasteiger partial charge is 0.477 e. The van der Waals surface area contributed by atoms with Gasteiger partial charge in [-0.3, -0.25) is 14.5 Å². The van der Waals surface area contributed by atoms with Crippen molar-refractivity contribution >= 4 is 23.2 Å². The molecule has 0 radical (unpaired) electrons. The molecule has 3 rings (SSSR count). The van der Waals surface area contributed by atoms with Gasteiger partial charge in [0.05, 0.1) is 6.54 Å². The molecule has 8 heteroatoms. The molecule has 1 fully saturated rings. The number of primary amides is 1. The highest BCUT2D eigenvalue weighted by atomic mass is 35.5. The van der Waals surface area contributed by atoms with E-state index in [0.717, 1.165) is 36.9 Å². The van der Waals surface area contributed by atoms with Crippen molar-refractivity contribution in [1.29, 1.82) is 0 Å². The van der Waals surface area contributed by atoms with Gasteiger partial charge in [0, 0.05) is 43.0 Å². The van der Waals surface area contributed by atoms with Crippen molar-refractivity contribution in [3.63, 3.8) is 0 Å². The fourth-order valence-electron chi connectivity index (χ4n) is 2.81. The Labute approximate surface area is 155 Å². The molecule has 2 aromatic rings. The van der Waals surface area contributed by atoms with Crippen molar-refractivity contribution in [2.45, 2.75) is 6.54 Å². The maximum Gasteiger partial charge on any atom is 0.255 e. The highest BCUT2D eigenvalue weighted by Gasteiger charge is 2.18. The highest BCUT2D eigenvalue weighted by Crippen LogP contribution is 2.20. The summed E-state index contributed by atoms with van der Waals surface area (Å²) in [5.41, 5.74) is 5.81. The molecule has 2 heterocycles. The first-order chi connectivity index (χ1) is 12.5. The third-order valence-corrected chi connectivity index (χ3v) is 4.42. The molecule has 0 saturated carbocycles. The lowest BCUT2D eigenvalue weighted by Crippen LogP contribution is -2.46. The zero-order chi connectivity index (χ0) is 18.5. The van der Waals surface area contributed by atoms with E-state index in [1.54, 1.807) is 0 Å². The minimum Gasteiger partial charge on any atom is -0.477 e. The lowest BCUT2D eigenvalue weighted by atomic mass is 10.2. The van der Waals surface area contributed by atoms with Gasteiger partial charge >= 0.3 is 0 Å². The summed E-state index contributed by atoms with van der Waals surface area (Å²) in [5.74, 6) is -0.103. The third kappa shape index (κ3) is 4.77. The summed E-state index contributed by atoms with van der Waals surface area (Å²) in [6.45, 7) is 3.66. The summed E-state index contributed by atoms with van der Waals surface area (Å²) >= 11 is 5.93. The predicted octanol–water partition coefficient (Wildman–Crippen LogP) is 1.48. The Morgan fingerprint density at radius 3 is 2.50 bits per heavy atom. The fourth-order valence-corrected chi connectivity index (χ4v) is 2.94. The number of hydrogen-bond acceptors (Lipinski definition) is 6. The molecule has 1 aromatic carbocycles. The van der Waals surface area contributed by atoms with Gasteiger partial charge in [0.1, 0.15) is 12.0 Å². The monoisotopic (exact) mass is 377 g/mol. The van der Waals surface area contributed by atoms with Crippen LogP contribution in [0.4, 0.5) is 5.69 Å². The number of nitrogens with two attached hydrogens (primary N) is 1. The zero-order valence-corrected chi connectivity index (χ0v) is 14.9. The molecule has 0 spiro atoms. The van der Waals surface area contributed by atoms with E-state index in [1.165, 1.54) is 12.3 Å². The zero-order valence-electron chi connectivity index (χ0n) is 14.2. The van der Waals surface area contributed by atoms with Crippen molar-refractivity contribution < 1.29 is 13.9 Å². The standard InChI is InChI=1S/C18H20ClN3O4/c19-13-1-3-14(4-2-13)22-7-5-21(6-8-22)10-15-9-16(23)17(11-25-15)26-12-18(20)24/h1-4,9,11H,5-8,10,12H2,(H2,20,24). The number of benzene rings is 1. The molecule has 0 unspecified atom stereocenters. The van der Waals surface area contributed by atoms with Crippen LogP contribution in [0, 0.1) is 0 Å². The van der Waals surface area contributed by atoms with E-state index in [9.17, 15) is 9.59 Å². The molecule has 0 bridgehead atoms. The Morgan fingerprint density at radius 1 is 1.19 bits per heavy atom. The van der Waals surface area contributed by atoms with Gasteiger partial charge in [0.25, 0.3) is 5.91 Å². The number of rotatable bonds is 6. The van der Waals surface area contributed by atoms with Crippen molar-refractivity contribution in [3.8, 4) is 5.75 Å². The number of amides is 1. The maximum atomic E-state index is 12.0. The van der Waals surface area contributed by atoms with Crippen LogP contribution in [0.5, 0.6) is 5.75 Å². The van der Waals surface area contributed by atoms with E-state index in [0.29, 0.717) is 12.3 Å². The average Bonchev–Trinajstić information content (AvgIpc) is 2.62. The number of halogens is 1. The molecule has 1 aliphatic heterocycles. The van der Waals surface area contributed by atoms with Crippen LogP contribution >= 0.6 is 11.6 Å². The number of carbonyl (C=O) groups is 1. The molecule has 2 N–H and O–H groups in total. The Kier molecular flexibility index (Phi) is 5.80. The predicted molar refractivity (Wildman–Crippen MR) is 98.6 cm³/mol. The van der Waals surface area contributed by atoms with Crippen molar-refractivity contribution in [3.05, 3.63) is 57.6 Å². The Balaban J connectivity index is 1.54. The molecule has 0 aliphatic carbocycles. The van der Waals surface area contributed by atoms with Crippen molar-refractivity contribution in [2.24, 2.45) is 5.73 Å². The van der Waals surface area contributed by atoms with Gasteiger partial charge < -0.3 is 19.8 Å². The van der Waals surface area contributed by atoms with Gasteiger partial charge in [-0.2, -0.15) is 0 Å². The van der Waals surface area contributed by atoms with Crippen molar-refractivity contribution in [1.82, 2.24) is 4.90 Å². The number of piperazine rings is 1. The average molecular weight is 378 g/mol. The number of anilines is 1. The Hall–Kier alpha value is -2.51. The van der Waals surface area contributed by atoms with Gasteiger partial charge in [-0.1, -0.05) is 11.6 Å². The van der Waals surface area contributed by atoms with Crippen LogP contribution in [0.15, 0.2) is 45.8 Å². The second-order valence-corrected chi connectivity index (χ2v) is 6.51. The molecule has 138 valence electrons. The summed E-state index contributed by atoms with van der Waals surface area (Å²) in [7, 11) is 0. The number of carbonyl (C=O) groups excluding carboxylic acids is 1. The SMILES string of the molecule is NC(=O)COc1coc(CN2CCN(c3ccc(Cl)cc3)CC2)cc1=O. The van der Waals surface area contributed by atoms with E-state index in [2.05, 4.69) is 9.80 Å². The molecule has 7 nitrogen and oxygen atoms in total. The normalized spacial score (nSPS) is 15.0. The minimum absolute atomic E-state index is 0.0138.